The summed E-state index contributed by atoms with van der Waals surface area (Å²) in [4.78, 5) is 18.9. The van der Waals surface area contributed by atoms with Gasteiger partial charge in [0, 0.05) is 25.0 Å². The number of nitrogens with one attached hydrogen (secondary N) is 1. The molecule has 1 saturated heterocycles. The van der Waals surface area contributed by atoms with Crippen molar-refractivity contribution in [3.63, 3.8) is 0 Å². The molecule has 0 saturated carbocycles. The van der Waals surface area contributed by atoms with Crippen LogP contribution >= 0.6 is 0 Å². The second-order valence-electron chi connectivity index (χ2n) is 6.16. The maximum absolute atomic E-state index is 12.7. The number of H-pyrrole nitrogens is 1. The lowest BCUT2D eigenvalue weighted by Crippen LogP contribution is -2.41. The van der Waals surface area contributed by atoms with Crippen molar-refractivity contribution in [3.05, 3.63) is 47.0 Å². The predicted molar refractivity (Wildman–Crippen MR) is 84.6 cm³/mol. The fourth-order valence-electron chi connectivity index (χ4n) is 3.14. The van der Waals surface area contributed by atoms with Crippen LogP contribution in [0.2, 0.25) is 0 Å². The average molecular weight is 298 g/mol. The summed E-state index contributed by atoms with van der Waals surface area (Å²) >= 11 is 0. The highest BCUT2D eigenvalue weighted by atomic mass is 16.2. The van der Waals surface area contributed by atoms with Gasteiger partial charge in [-0.2, -0.15) is 5.10 Å². The van der Waals surface area contributed by atoms with Crippen LogP contribution in [0.1, 0.15) is 40.2 Å². The van der Waals surface area contributed by atoms with Crippen LogP contribution in [-0.4, -0.2) is 39.1 Å². The van der Waals surface area contributed by atoms with E-state index < -0.39 is 0 Å². The van der Waals surface area contributed by atoms with Crippen LogP contribution < -0.4 is 0 Å². The Morgan fingerprint density at radius 1 is 1.41 bits per heavy atom. The second kappa shape index (κ2) is 6.30. The van der Waals surface area contributed by atoms with Gasteiger partial charge in [-0.3, -0.25) is 14.9 Å². The number of nitrogens with zero attached hydrogens (tertiary/aromatic N) is 3. The van der Waals surface area contributed by atoms with E-state index in [4.69, 9.17) is 0 Å². The van der Waals surface area contributed by atoms with Gasteiger partial charge in [-0.15, -0.1) is 0 Å². The highest BCUT2D eigenvalue weighted by molar-refractivity contribution is 5.93. The van der Waals surface area contributed by atoms with E-state index in [9.17, 15) is 4.79 Å². The van der Waals surface area contributed by atoms with Crippen molar-refractivity contribution < 1.29 is 4.79 Å². The third-order valence-electron chi connectivity index (χ3n) is 4.44. The molecule has 1 unspecified atom stereocenters. The van der Waals surface area contributed by atoms with E-state index in [-0.39, 0.29) is 5.91 Å². The molecule has 3 heterocycles. The second-order valence-corrected chi connectivity index (χ2v) is 6.16. The molecule has 5 heteroatoms. The number of hydrogen-bond donors (Lipinski definition) is 1. The number of rotatable bonds is 3. The van der Waals surface area contributed by atoms with E-state index in [0.717, 1.165) is 37.9 Å². The number of piperidine rings is 1. The summed E-state index contributed by atoms with van der Waals surface area (Å²) in [6.07, 6.45) is 6.71. The first-order valence-corrected chi connectivity index (χ1v) is 7.85. The normalized spacial score (nSPS) is 18.5. The van der Waals surface area contributed by atoms with E-state index in [1.54, 1.807) is 6.20 Å². The number of carbonyl (C=O) groups is 1. The van der Waals surface area contributed by atoms with Crippen molar-refractivity contribution in [2.75, 3.05) is 13.1 Å². The molecule has 0 bridgehead atoms. The average Bonchev–Trinajstić information content (AvgIpc) is 2.92. The zero-order chi connectivity index (χ0) is 15.5. The topological polar surface area (TPSA) is 61.9 Å². The lowest BCUT2D eigenvalue weighted by molar-refractivity contribution is 0.0666. The van der Waals surface area contributed by atoms with E-state index in [0.29, 0.717) is 11.6 Å². The summed E-state index contributed by atoms with van der Waals surface area (Å²) in [5.41, 5.74) is 3.91. The Morgan fingerprint density at radius 2 is 2.27 bits per heavy atom. The molecule has 1 amide bonds. The van der Waals surface area contributed by atoms with Gasteiger partial charge in [-0.05, 0) is 56.2 Å². The van der Waals surface area contributed by atoms with Crippen molar-refractivity contribution >= 4 is 5.91 Å². The molecule has 0 spiro atoms. The lowest BCUT2D eigenvalue weighted by atomic mass is 9.92. The van der Waals surface area contributed by atoms with E-state index in [1.807, 2.05) is 30.2 Å². The Morgan fingerprint density at radius 3 is 3.00 bits per heavy atom. The summed E-state index contributed by atoms with van der Waals surface area (Å²) in [5.74, 6) is 0.546. The zero-order valence-electron chi connectivity index (χ0n) is 13.2. The molecular weight excluding hydrogens is 276 g/mol. The van der Waals surface area contributed by atoms with E-state index >= 15 is 0 Å². The van der Waals surface area contributed by atoms with Crippen LogP contribution in [0.15, 0.2) is 24.5 Å². The van der Waals surface area contributed by atoms with Crippen LogP contribution in [0.5, 0.6) is 0 Å². The molecule has 3 rings (SSSR count). The molecular formula is C17H22N4O. The standard InChI is InChI=1S/C17H22N4O/c1-12-5-3-7-18-16(12)17(22)21-8-4-6-14(11-21)9-15-13(2)10-19-20-15/h3,5,7,10,14H,4,6,8-9,11H2,1-2H3,(H,19,20). The Labute approximate surface area is 130 Å². The molecule has 116 valence electrons. The van der Waals surface area contributed by atoms with Crippen LogP contribution in [-0.2, 0) is 6.42 Å². The van der Waals surface area contributed by atoms with Crippen LogP contribution in [0.25, 0.3) is 0 Å². The van der Waals surface area contributed by atoms with Gasteiger partial charge in [0.25, 0.3) is 5.91 Å². The Kier molecular flexibility index (Phi) is 4.22. The molecule has 2 aromatic rings. The van der Waals surface area contributed by atoms with E-state index in [1.165, 1.54) is 11.3 Å². The first kappa shape index (κ1) is 14.8. The number of pyridine rings is 1. The number of amides is 1. The fraction of sp³-hybridized carbons (Fsp3) is 0.471. The molecule has 2 aromatic heterocycles. The van der Waals surface area contributed by atoms with Gasteiger partial charge < -0.3 is 4.90 Å². The van der Waals surface area contributed by atoms with Crippen molar-refractivity contribution in [2.24, 2.45) is 5.92 Å². The third-order valence-corrected chi connectivity index (χ3v) is 4.44. The van der Waals surface area contributed by atoms with Gasteiger partial charge in [0.15, 0.2) is 0 Å². The number of carbonyl (C=O) groups excluding carboxylic acids is 1. The van der Waals surface area contributed by atoms with Gasteiger partial charge in [0.2, 0.25) is 0 Å². The predicted octanol–water partition coefficient (Wildman–Crippen LogP) is 2.52. The number of likely N-dealkylation sites (tertiary alicyclic amines) is 1. The van der Waals surface area contributed by atoms with Crippen LogP contribution in [0.4, 0.5) is 0 Å². The van der Waals surface area contributed by atoms with Gasteiger partial charge >= 0.3 is 0 Å². The molecule has 0 aromatic carbocycles. The third kappa shape index (κ3) is 3.03. The monoisotopic (exact) mass is 298 g/mol. The zero-order valence-corrected chi connectivity index (χ0v) is 13.2. The van der Waals surface area contributed by atoms with Crippen molar-refractivity contribution in [1.29, 1.82) is 0 Å². The van der Waals surface area contributed by atoms with E-state index in [2.05, 4.69) is 22.1 Å². The Bertz CT molecular complexity index is 664. The summed E-state index contributed by atoms with van der Waals surface area (Å²) in [6.45, 7) is 5.64. The minimum Gasteiger partial charge on any atom is -0.337 e. The highest BCUT2D eigenvalue weighted by Gasteiger charge is 2.26. The SMILES string of the molecule is Cc1cccnc1C(=O)N1CCCC(Cc2[nH]ncc2C)C1. The highest BCUT2D eigenvalue weighted by Crippen LogP contribution is 2.22. The fourth-order valence-corrected chi connectivity index (χ4v) is 3.14. The molecule has 1 atom stereocenters. The molecule has 1 fully saturated rings. The van der Waals surface area contributed by atoms with Gasteiger partial charge in [0.05, 0.1) is 6.20 Å². The first-order chi connectivity index (χ1) is 10.6. The minimum absolute atomic E-state index is 0.0594. The van der Waals surface area contributed by atoms with Gasteiger partial charge in [-0.1, -0.05) is 6.07 Å². The Hall–Kier alpha value is -2.17. The molecule has 0 radical (unpaired) electrons. The smallest absolute Gasteiger partial charge is 0.272 e. The Balaban J connectivity index is 1.69. The van der Waals surface area contributed by atoms with Crippen molar-refractivity contribution in [2.45, 2.75) is 33.1 Å². The quantitative estimate of drug-likeness (QED) is 0.947. The summed E-state index contributed by atoms with van der Waals surface area (Å²) < 4.78 is 0. The van der Waals surface area contributed by atoms with Crippen LogP contribution in [0.3, 0.4) is 0 Å². The van der Waals surface area contributed by atoms with Gasteiger partial charge in [0.1, 0.15) is 5.69 Å². The minimum atomic E-state index is 0.0594. The number of hydrogen-bond acceptors (Lipinski definition) is 3. The van der Waals surface area contributed by atoms with Crippen molar-refractivity contribution in [1.82, 2.24) is 20.1 Å². The first-order valence-electron chi connectivity index (χ1n) is 7.85. The lowest BCUT2D eigenvalue weighted by Gasteiger charge is -2.32. The van der Waals surface area contributed by atoms with Gasteiger partial charge in [-0.25, -0.2) is 0 Å². The molecule has 0 aliphatic carbocycles. The summed E-state index contributed by atoms with van der Waals surface area (Å²) in [6, 6.07) is 3.81. The number of aromatic nitrogens is 3. The number of aryl methyl sites for hydroxylation is 2. The molecule has 1 aliphatic heterocycles. The van der Waals surface area contributed by atoms with Crippen molar-refractivity contribution in [3.8, 4) is 0 Å². The summed E-state index contributed by atoms with van der Waals surface area (Å²) in [5, 5.41) is 7.16. The maximum Gasteiger partial charge on any atom is 0.272 e. The largest absolute Gasteiger partial charge is 0.337 e. The molecule has 22 heavy (non-hydrogen) atoms. The molecule has 1 aliphatic rings. The maximum atomic E-state index is 12.7. The number of aromatic amines is 1. The van der Waals surface area contributed by atoms with Crippen LogP contribution in [0, 0.1) is 19.8 Å². The molecule has 1 N–H and O–H groups in total. The summed E-state index contributed by atoms with van der Waals surface area (Å²) in [7, 11) is 0. The molecule has 5 nitrogen and oxygen atoms in total.